The van der Waals surface area contributed by atoms with Crippen LogP contribution in [0.3, 0.4) is 0 Å². The highest BCUT2D eigenvalue weighted by atomic mass is 79.9. The zero-order valence-corrected chi connectivity index (χ0v) is 12.5. The molecule has 0 atom stereocenters. The fourth-order valence-corrected chi connectivity index (χ4v) is 2.15. The molecule has 0 saturated carbocycles. The van der Waals surface area contributed by atoms with Crippen LogP contribution in [-0.4, -0.2) is 6.61 Å². The van der Waals surface area contributed by atoms with E-state index in [1.807, 2.05) is 25.1 Å². The molecule has 106 valence electrons. The van der Waals surface area contributed by atoms with Crippen molar-refractivity contribution in [3.63, 3.8) is 0 Å². The molecule has 0 fully saturated rings. The Balaban J connectivity index is 1.99. The third-order valence-corrected chi connectivity index (χ3v) is 3.76. The predicted octanol–water partition coefficient (Wildman–Crippen LogP) is 4.97. The molecule has 0 spiro atoms. The Morgan fingerprint density at radius 3 is 2.50 bits per heavy atom. The van der Waals surface area contributed by atoms with E-state index in [4.69, 9.17) is 0 Å². The molecule has 20 heavy (non-hydrogen) atoms. The Labute approximate surface area is 124 Å². The van der Waals surface area contributed by atoms with Crippen LogP contribution in [0, 0.1) is 6.92 Å². The number of rotatable bonds is 5. The van der Waals surface area contributed by atoms with Crippen molar-refractivity contribution < 1.29 is 13.5 Å². The molecule has 0 saturated heterocycles. The predicted molar refractivity (Wildman–Crippen MR) is 79.3 cm³/mol. The van der Waals surface area contributed by atoms with E-state index in [0.717, 1.165) is 21.3 Å². The summed E-state index contributed by atoms with van der Waals surface area (Å²) in [6.07, 6.45) is 0. The fraction of sp³-hybridized carbons (Fsp3) is 0.200. The van der Waals surface area contributed by atoms with Crippen molar-refractivity contribution in [3.8, 4) is 5.75 Å². The van der Waals surface area contributed by atoms with Crippen LogP contribution < -0.4 is 10.1 Å². The largest absolute Gasteiger partial charge is 0.435 e. The standard InChI is InChI=1S/C15H14BrF2NO/c1-10-13(16)3-2-4-14(10)19-9-11-5-7-12(8-6-11)20-15(17)18/h2-8,15,19H,9H2,1H3. The van der Waals surface area contributed by atoms with Gasteiger partial charge in [-0.3, -0.25) is 0 Å². The van der Waals surface area contributed by atoms with Crippen LogP contribution in [0.1, 0.15) is 11.1 Å². The maximum atomic E-state index is 12.0. The van der Waals surface area contributed by atoms with Gasteiger partial charge in [0.25, 0.3) is 0 Å². The zero-order chi connectivity index (χ0) is 14.5. The van der Waals surface area contributed by atoms with Crippen LogP contribution in [0.25, 0.3) is 0 Å². The second-order valence-corrected chi connectivity index (χ2v) is 5.14. The summed E-state index contributed by atoms with van der Waals surface area (Å²) >= 11 is 3.48. The van der Waals surface area contributed by atoms with Crippen LogP contribution in [0.5, 0.6) is 5.75 Å². The Hall–Kier alpha value is -1.62. The van der Waals surface area contributed by atoms with Crippen molar-refractivity contribution in [1.82, 2.24) is 0 Å². The number of alkyl halides is 2. The maximum absolute atomic E-state index is 12.0. The van der Waals surface area contributed by atoms with Crippen molar-refractivity contribution in [2.45, 2.75) is 20.1 Å². The van der Waals surface area contributed by atoms with Crippen LogP contribution in [0.4, 0.5) is 14.5 Å². The highest BCUT2D eigenvalue weighted by Gasteiger charge is 2.04. The van der Waals surface area contributed by atoms with E-state index in [9.17, 15) is 8.78 Å². The highest BCUT2D eigenvalue weighted by molar-refractivity contribution is 9.10. The first-order valence-electron chi connectivity index (χ1n) is 6.09. The zero-order valence-electron chi connectivity index (χ0n) is 10.9. The molecule has 0 aliphatic rings. The van der Waals surface area contributed by atoms with Crippen LogP contribution in [0.2, 0.25) is 0 Å². The van der Waals surface area contributed by atoms with Crippen LogP contribution in [0.15, 0.2) is 46.9 Å². The molecule has 0 heterocycles. The smallest absolute Gasteiger partial charge is 0.387 e. The minimum Gasteiger partial charge on any atom is -0.435 e. The lowest BCUT2D eigenvalue weighted by atomic mass is 10.1. The number of nitrogens with one attached hydrogen (secondary N) is 1. The van der Waals surface area contributed by atoms with Crippen molar-refractivity contribution in [1.29, 1.82) is 0 Å². The van der Waals surface area contributed by atoms with Crippen molar-refractivity contribution >= 4 is 21.6 Å². The molecule has 0 aliphatic heterocycles. The summed E-state index contributed by atoms with van der Waals surface area (Å²) in [7, 11) is 0. The summed E-state index contributed by atoms with van der Waals surface area (Å²) in [5.74, 6) is 0.169. The van der Waals surface area contributed by atoms with Crippen molar-refractivity contribution in [3.05, 3.63) is 58.1 Å². The van der Waals surface area contributed by atoms with Gasteiger partial charge in [-0.2, -0.15) is 8.78 Å². The molecule has 2 rings (SSSR count). The molecule has 0 aromatic heterocycles. The molecule has 1 N–H and O–H groups in total. The number of hydrogen-bond donors (Lipinski definition) is 1. The van der Waals surface area contributed by atoms with Gasteiger partial charge < -0.3 is 10.1 Å². The second kappa shape index (κ2) is 6.70. The van der Waals surface area contributed by atoms with Crippen molar-refractivity contribution in [2.75, 3.05) is 5.32 Å². The summed E-state index contributed by atoms with van der Waals surface area (Å²) in [5.41, 5.74) is 3.16. The van der Waals surface area contributed by atoms with E-state index >= 15 is 0 Å². The minimum absolute atomic E-state index is 0.169. The molecule has 0 bridgehead atoms. The van der Waals surface area contributed by atoms with Crippen LogP contribution in [-0.2, 0) is 6.54 Å². The van der Waals surface area contributed by atoms with Gasteiger partial charge in [0.2, 0.25) is 0 Å². The van der Waals surface area contributed by atoms with Crippen LogP contribution >= 0.6 is 15.9 Å². The van der Waals surface area contributed by atoms with Gasteiger partial charge in [0.1, 0.15) is 5.75 Å². The summed E-state index contributed by atoms with van der Waals surface area (Å²) < 4.78 is 29.4. The van der Waals surface area contributed by atoms with Gasteiger partial charge in [0.15, 0.2) is 0 Å². The minimum atomic E-state index is -2.79. The van der Waals surface area contributed by atoms with E-state index in [-0.39, 0.29) is 5.75 Å². The number of hydrogen-bond acceptors (Lipinski definition) is 2. The molecule has 0 amide bonds. The fourth-order valence-electron chi connectivity index (χ4n) is 1.79. The quantitative estimate of drug-likeness (QED) is 0.828. The van der Waals surface area contributed by atoms with Gasteiger partial charge in [-0.05, 0) is 42.3 Å². The van der Waals surface area contributed by atoms with E-state index in [1.165, 1.54) is 12.1 Å². The molecule has 0 aliphatic carbocycles. The van der Waals surface area contributed by atoms with E-state index < -0.39 is 6.61 Å². The summed E-state index contributed by atoms with van der Waals surface area (Å²) in [5, 5.41) is 3.31. The lowest BCUT2D eigenvalue weighted by Gasteiger charge is -2.11. The van der Waals surface area contributed by atoms with Gasteiger partial charge in [0.05, 0.1) is 0 Å². The first-order valence-corrected chi connectivity index (χ1v) is 6.88. The summed E-state index contributed by atoms with van der Waals surface area (Å²) in [4.78, 5) is 0. The molecule has 0 radical (unpaired) electrons. The number of ether oxygens (including phenoxy) is 1. The molecular weight excluding hydrogens is 328 g/mol. The Morgan fingerprint density at radius 1 is 1.15 bits per heavy atom. The second-order valence-electron chi connectivity index (χ2n) is 4.29. The van der Waals surface area contributed by atoms with Crippen molar-refractivity contribution in [2.24, 2.45) is 0 Å². The summed E-state index contributed by atoms with van der Waals surface area (Å²) in [6.45, 7) is -0.151. The highest BCUT2D eigenvalue weighted by Crippen LogP contribution is 2.24. The third-order valence-electron chi connectivity index (χ3n) is 2.90. The number of benzene rings is 2. The first-order chi connectivity index (χ1) is 9.56. The lowest BCUT2D eigenvalue weighted by Crippen LogP contribution is -2.03. The van der Waals surface area contributed by atoms with Gasteiger partial charge in [-0.15, -0.1) is 0 Å². The molecular formula is C15H14BrF2NO. The van der Waals surface area contributed by atoms with Gasteiger partial charge in [0, 0.05) is 16.7 Å². The molecule has 2 aromatic rings. The normalized spacial score (nSPS) is 10.7. The monoisotopic (exact) mass is 341 g/mol. The topological polar surface area (TPSA) is 21.3 Å². The van der Waals surface area contributed by atoms with Gasteiger partial charge in [-0.1, -0.05) is 34.1 Å². The molecule has 2 nitrogen and oxygen atoms in total. The molecule has 0 unspecified atom stereocenters. The number of anilines is 1. The number of halogens is 3. The lowest BCUT2D eigenvalue weighted by molar-refractivity contribution is -0.0498. The van der Waals surface area contributed by atoms with E-state index in [0.29, 0.717) is 6.54 Å². The summed E-state index contributed by atoms with van der Waals surface area (Å²) in [6, 6.07) is 12.5. The van der Waals surface area contributed by atoms with Gasteiger partial charge >= 0.3 is 6.61 Å². The Morgan fingerprint density at radius 2 is 1.85 bits per heavy atom. The average molecular weight is 342 g/mol. The maximum Gasteiger partial charge on any atom is 0.387 e. The molecule has 5 heteroatoms. The Bertz CT molecular complexity index is 573. The first kappa shape index (κ1) is 14.8. The molecule has 2 aromatic carbocycles. The Kier molecular flexibility index (Phi) is 4.95. The third kappa shape index (κ3) is 3.93. The van der Waals surface area contributed by atoms with Gasteiger partial charge in [-0.25, -0.2) is 0 Å². The van der Waals surface area contributed by atoms with E-state index in [2.05, 4.69) is 26.0 Å². The average Bonchev–Trinajstić information content (AvgIpc) is 2.41. The van der Waals surface area contributed by atoms with E-state index in [1.54, 1.807) is 12.1 Å². The SMILES string of the molecule is Cc1c(Br)cccc1NCc1ccc(OC(F)F)cc1.